The van der Waals surface area contributed by atoms with Gasteiger partial charge in [-0.25, -0.2) is 9.59 Å². The fraction of sp³-hybridized carbons (Fsp3) is 0.500. The molecule has 4 aromatic carbocycles. The van der Waals surface area contributed by atoms with Gasteiger partial charge in [0, 0.05) is 0 Å². The Balaban J connectivity index is 0.000000234. The Morgan fingerprint density at radius 3 is 1.13 bits per heavy atom. The molecule has 2 aliphatic heterocycles. The minimum absolute atomic E-state index is 0.0228. The number of ether oxygens (including phenoxy) is 6. The predicted octanol–water partition coefficient (Wildman–Crippen LogP) is 10.1. The molecule has 12 nitrogen and oxygen atoms in total. The molecule has 18 heteroatoms. The summed E-state index contributed by atoms with van der Waals surface area (Å²) in [6.07, 6.45) is -10.9. The Morgan fingerprint density at radius 1 is 0.548 bits per heavy atom. The minimum Gasteiger partial charge on any atom is -0.507 e. The van der Waals surface area contributed by atoms with Gasteiger partial charge in [-0.05, 0) is 126 Å². The Labute approximate surface area is 354 Å². The highest BCUT2D eigenvalue weighted by atomic mass is 19.4. The number of fused-ring (bicyclic) bond motifs is 2. The third-order valence-electron chi connectivity index (χ3n) is 9.81. The molecular formula is C44H52F6N2O10. The van der Waals surface area contributed by atoms with Gasteiger partial charge in [0.05, 0.1) is 26.4 Å². The monoisotopic (exact) mass is 882 g/mol. The summed E-state index contributed by atoms with van der Waals surface area (Å²) in [5, 5.41) is 25.3. The van der Waals surface area contributed by atoms with Crippen LogP contribution in [0.2, 0.25) is 0 Å². The fourth-order valence-corrected chi connectivity index (χ4v) is 6.80. The largest absolute Gasteiger partial charge is 0.507 e. The number of phenolic OH excluding ortho intramolecular Hbond substituents is 2. The summed E-state index contributed by atoms with van der Waals surface area (Å²) in [6.45, 7) is 17.3. The molecule has 0 radical (unpaired) electrons. The number of benzene rings is 4. The number of carbonyl (C=O) groups excluding carboxylic acids is 2. The third-order valence-corrected chi connectivity index (χ3v) is 9.81. The van der Waals surface area contributed by atoms with Gasteiger partial charge >= 0.3 is 24.5 Å². The van der Waals surface area contributed by atoms with Crippen molar-refractivity contribution in [3.63, 3.8) is 0 Å². The molecule has 2 aliphatic rings. The number of alkyl carbamates (subject to hydrolysis) is 2. The first-order valence-corrected chi connectivity index (χ1v) is 19.5. The molecule has 2 amide bonds. The van der Waals surface area contributed by atoms with Gasteiger partial charge in [0.2, 0.25) is 0 Å². The van der Waals surface area contributed by atoms with Gasteiger partial charge in [0.1, 0.15) is 44.9 Å². The lowest BCUT2D eigenvalue weighted by atomic mass is 9.88. The number of alkyl halides is 6. The second kappa shape index (κ2) is 16.6. The highest BCUT2D eigenvalue weighted by Crippen LogP contribution is 2.44. The maximum absolute atomic E-state index is 13.5. The van der Waals surface area contributed by atoms with Crippen LogP contribution in [0.3, 0.4) is 0 Å². The lowest BCUT2D eigenvalue weighted by Crippen LogP contribution is -2.59. The van der Waals surface area contributed by atoms with Gasteiger partial charge in [0.25, 0.3) is 0 Å². The highest BCUT2D eigenvalue weighted by Gasteiger charge is 2.46. The maximum atomic E-state index is 13.5. The second-order valence-electron chi connectivity index (χ2n) is 18.2. The van der Waals surface area contributed by atoms with Crippen molar-refractivity contribution in [2.75, 3.05) is 26.4 Å². The van der Waals surface area contributed by atoms with Crippen LogP contribution in [0.4, 0.5) is 35.9 Å². The quantitative estimate of drug-likeness (QED) is 0.146. The van der Waals surface area contributed by atoms with Gasteiger partial charge < -0.3 is 49.3 Å². The lowest BCUT2D eigenvalue weighted by Gasteiger charge is -2.44. The molecule has 0 bridgehead atoms. The number of hydrogen-bond acceptors (Lipinski definition) is 10. The highest BCUT2D eigenvalue weighted by molar-refractivity contribution is 5.90. The number of hydrogen-bond donors (Lipinski definition) is 4. The number of carbonyl (C=O) groups is 2. The first-order chi connectivity index (χ1) is 28.2. The van der Waals surface area contributed by atoms with Crippen molar-refractivity contribution in [3.8, 4) is 11.5 Å². The molecule has 2 saturated heterocycles. The summed E-state index contributed by atoms with van der Waals surface area (Å²) in [5.74, 6) is -3.46. The molecule has 2 fully saturated rings. The Morgan fingerprint density at radius 2 is 0.855 bits per heavy atom. The summed E-state index contributed by atoms with van der Waals surface area (Å²) in [7, 11) is 0. The standard InChI is InChI=1S/2C22H26F3NO5/c2*1-19(2,3)31-18(28)26-21(11-29-20(4,5)30-12-21)14-7-8-15-13(10-14)6-9-16(27)17(15)22(23,24)25/h2*6-10,27H,11-12H2,1-5H3,(H,26,28). The van der Waals surface area contributed by atoms with Crippen molar-refractivity contribution in [1.82, 2.24) is 10.6 Å². The third kappa shape index (κ3) is 11.3. The predicted molar refractivity (Wildman–Crippen MR) is 215 cm³/mol. The summed E-state index contributed by atoms with van der Waals surface area (Å²) in [6, 6.07) is 13.3. The van der Waals surface area contributed by atoms with E-state index in [0.717, 1.165) is 12.1 Å². The second-order valence-corrected chi connectivity index (χ2v) is 18.2. The number of amides is 2. The molecule has 62 heavy (non-hydrogen) atoms. The van der Waals surface area contributed by atoms with E-state index in [-0.39, 0.29) is 48.0 Å². The average Bonchev–Trinajstić information content (AvgIpc) is 3.10. The van der Waals surface area contributed by atoms with Crippen molar-refractivity contribution < 1.29 is 74.6 Å². The van der Waals surface area contributed by atoms with Crippen LogP contribution in [0.1, 0.15) is 91.5 Å². The topological polar surface area (TPSA) is 154 Å². The van der Waals surface area contributed by atoms with E-state index in [1.165, 1.54) is 48.5 Å². The molecular weight excluding hydrogens is 830 g/mol. The molecule has 0 aromatic heterocycles. The van der Waals surface area contributed by atoms with Crippen LogP contribution >= 0.6 is 0 Å². The molecule has 6 rings (SSSR count). The zero-order chi connectivity index (χ0) is 46.5. The van der Waals surface area contributed by atoms with Crippen LogP contribution in [-0.4, -0.2) is 71.6 Å². The van der Waals surface area contributed by atoms with Gasteiger partial charge in [-0.1, -0.05) is 36.4 Å². The van der Waals surface area contributed by atoms with Crippen molar-refractivity contribution >= 4 is 33.7 Å². The molecule has 0 saturated carbocycles. The van der Waals surface area contributed by atoms with Crippen molar-refractivity contribution in [1.29, 1.82) is 0 Å². The molecule has 340 valence electrons. The minimum atomic E-state index is -4.72. The normalized spacial score (nSPS) is 18.6. The van der Waals surface area contributed by atoms with Crippen molar-refractivity contribution in [2.24, 2.45) is 0 Å². The molecule has 0 spiro atoms. The summed E-state index contributed by atoms with van der Waals surface area (Å²) in [4.78, 5) is 25.1. The van der Waals surface area contributed by atoms with E-state index in [1.807, 2.05) is 0 Å². The number of rotatable bonds is 4. The van der Waals surface area contributed by atoms with E-state index >= 15 is 0 Å². The van der Waals surface area contributed by atoms with Crippen LogP contribution in [0.5, 0.6) is 11.5 Å². The molecule has 2 heterocycles. The van der Waals surface area contributed by atoms with E-state index in [1.54, 1.807) is 69.2 Å². The SMILES string of the molecule is CC(C)(C)OC(=O)NC1(c2ccc3c(C(F)(F)F)c(O)ccc3c2)COC(C)(C)OC1.CC(C)(C)OC(=O)NC1(c2ccc3c(C(F)(F)F)c(O)ccc3c2)COC(C)(C)OC1. The van der Waals surface area contributed by atoms with Crippen LogP contribution in [0, 0.1) is 0 Å². The average molecular weight is 883 g/mol. The van der Waals surface area contributed by atoms with Gasteiger partial charge in [-0.3, -0.25) is 0 Å². The molecule has 0 unspecified atom stereocenters. The number of aromatic hydroxyl groups is 2. The van der Waals surface area contributed by atoms with Crippen LogP contribution in [-0.2, 0) is 51.9 Å². The van der Waals surface area contributed by atoms with Crippen LogP contribution < -0.4 is 10.6 Å². The zero-order valence-corrected chi connectivity index (χ0v) is 36.0. The van der Waals surface area contributed by atoms with Crippen LogP contribution in [0.25, 0.3) is 21.5 Å². The first-order valence-electron chi connectivity index (χ1n) is 19.5. The summed E-state index contributed by atoms with van der Waals surface area (Å²) >= 11 is 0. The molecule has 0 atom stereocenters. The molecule has 4 N–H and O–H groups in total. The molecule has 4 aromatic rings. The van der Waals surface area contributed by atoms with E-state index < -0.39 is 81.0 Å². The van der Waals surface area contributed by atoms with Gasteiger partial charge in [0.15, 0.2) is 11.6 Å². The number of nitrogens with one attached hydrogen (secondary N) is 2. The maximum Gasteiger partial charge on any atom is 0.420 e. The summed E-state index contributed by atoms with van der Waals surface area (Å²) in [5.41, 5.74) is -5.09. The van der Waals surface area contributed by atoms with E-state index in [4.69, 9.17) is 28.4 Å². The lowest BCUT2D eigenvalue weighted by molar-refractivity contribution is -0.273. The smallest absolute Gasteiger partial charge is 0.420 e. The first kappa shape index (κ1) is 48.0. The van der Waals surface area contributed by atoms with Crippen molar-refractivity contribution in [3.05, 3.63) is 82.9 Å². The zero-order valence-electron chi connectivity index (χ0n) is 36.0. The van der Waals surface area contributed by atoms with E-state index in [0.29, 0.717) is 11.1 Å². The van der Waals surface area contributed by atoms with E-state index in [2.05, 4.69) is 10.6 Å². The molecule has 0 aliphatic carbocycles. The Hall–Kier alpha value is -5.04. The Kier molecular flexibility index (Phi) is 12.8. The number of phenols is 2. The van der Waals surface area contributed by atoms with Gasteiger partial charge in [-0.15, -0.1) is 0 Å². The number of halogens is 6. The summed E-state index contributed by atoms with van der Waals surface area (Å²) < 4.78 is 114. The van der Waals surface area contributed by atoms with Crippen LogP contribution in [0.15, 0.2) is 60.7 Å². The Bertz CT molecular complexity index is 2130. The fourth-order valence-electron chi connectivity index (χ4n) is 6.80. The van der Waals surface area contributed by atoms with Gasteiger partial charge in [-0.2, -0.15) is 26.3 Å². The van der Waals surface area contributed by atoms with E-state index in [9.17, 15) is 46.1 Å². The van der Waals surface area contributed by atoms with Crippen molar-refractivity contribution in [2.45, 2.75) is 115 Å².